The molecular weight excluding hydrogens is 280 g/mol. The minimum Gasteiger partial charge on any atom is -0.262 e. The minimum atomic E-state index is 0.545. The summed E-state index contributed by atoms with van der Waals surface area (Å²) in [7, 11) is 0. The predicted molar refractivity (Wildman–Crippen MR) is 75.7 cm³/mol. The fourth-order valence-corrected chi connectivity index (χ4v) is 4.03. The van der Waals surface area contributed by atoms with Crippen molar-refractivity contribution < 1.29 is 0 Å². The molecule has 6 heteroatoms. The molecule has 4 rings (SSSR count). The van der Waals surface area contributed by atoms with Crippen molar-refractivity contribution in [1.29, 1.82) is 0 Å². The number of rotatable bonds is 1. The van der Waals surface area contributed by atoms with Crippen LogP contribution in [0.5, 0.6) is 0 Å². The van der Waals surface area contributed by atoms with E-state index in [1.807, 2.05) is 15.7 Å². The van der Waals surface area contributed by atoms with Gasteiger partial charge in [-0.2, -0.15) is 0 Å². The van der Waals surface area contributed by atoms with Crippen molar-refractivity contribution in [2.45, 2.75) is 25.7 Å². The van der Waals surface area contributed by atoms with Gasteiger partial charge in [-0.3, -0.25) is 9.38 Å². The molecule has 3 aromatic rings. The molecule has 1 aliphatic carbocycles. The molecule has 0 fully saturated rings. The van der Waals surface area contributed by atoms with Crippen LogP contribution in [0.1, 0.15) is 23.3 Å². The van der Waals surface area contributed by atoms with Crippen molar-refractivity contribution in [2.24, 2.45) is 0 Å². The Bertz CT molecular complexity index is 738. The molecular formula is C13H11ClN4S. The molecule has 0 aromatic carbocycles. The maximum absolute atomic E-state index is 6.21. The van der Waals surface area contributed by atoms with Gasteiger partial charge in [0, 0.05) is 4.88 Å². The molecule has 0 atom stereocenters. The molecule has 0 aliphatic heterocycles. The second-order valence-electron chi connectivity index (χ2n) is 4.71. The van der Waals surface area contributed by atoms with Crippen molar-refractivity contribution in [2.75, 3.05) is 0 Å². The molecule has 0 radical (unpaired) electrons. The van der Waals surface area contributed by atoms with Crippen LogP contribution in [0.15, 0.2) is 18.5 Å². The van der Waals surface area contributed by atoms with Gasteiger partial charge in [-0.15, -0.1) is 21.5 Å². The third-order valence-corrected chi connectivity index (χ3v) is 4.99. The molecule has 0 bridgehead atoms. The maximum Gasteiger partial charge on any atom is 0.180 e. The summed E-state index contributed by atoms with van der Waals surface area (Å²) in [6.45, 7) is 0. The van der Waals surface area contributed by atoms with Crippen LogP contribution in [-0.4, -0.2) is 19.6 Å². The summed E-state index contributed by atoms with van der Waals surface area (Å²) in [4.78, 5) is 6.67. The van der Waals surface area contributed by atoms with E-state index in [1.165, 1.54) is 36.1 Å². The van der Waals surface area contributed by atoms with Gasteiger partial charge in [-0.25, -0.2) is 0 Å². The Morgan fingerprint density at radius 3 is 2.95 bits per heavy atom. The van der Waals surface area contributed by atoms with Crippen molar-refractivity contribution >= 4 is 28.6 Å². The van der Waals surface area contributed by atoms with Crippen molar-refractivity contribution in [1.82, 2.24) is 19.6 Å². The Kier molecular flexibility index (Phi) is 2.56. The molecule has 3 aromatic heterocycles. The predicted octanol–water partition coefficient (Wildman–Crippen LogP) is 3.39. The van der Waals surface area contributed by atoms with E-state index in [0.717, 1.165) is 10.7 Å². The lowest BCUT2D eigenvalue weighted by Gasteiger charge is -2.08. The van der Waals surface area contributed by atoms with Gasteiger partial charge in [0.1, 0.15) is 5.15 Å². The highest BCUT2D eigenvalue weighted by atomic mass is 35.5. The monoisotopic (exact) mass is 290 g/mol. The van der Waals surface area contributed by atoms with E-state index in [-0.39, 0.29) is 0 Å². The van der Waals surface area contributed by atoms with E-state index in [0.29, 0.717) is 10.8 Å². The zero-order valence-electron chi connectivity index (χ0n) is 10.1. The highest BCUT2D eigenvalue weighted by Crippen LogP contribution is 2.35. The summed E-state index contributed by atoms with van der Waals surface area (Å²) >= 11 is 8.02. The minimum absolute atomic E-state index is 0.545. The first-order valence-corrected chi connectivity index (χ1v) is 7.49. The largest absolute Gasteiger partial charge is 0.262 e. The van der Waals surface area contributed by atoms with Crippen molar-refractivity contribution in [3.05, 3.63) is 34.1 Å². The summed E-state index contributed by atoms with van der Waals surface area (Å²) in [5.41, 5.74) is 2.15. The number of hydrogen-bond acceptors (Lipinski definition) is 4. The van der Waals surface area contributed by atoms with Crippen LogP contribution in [0.2, 0.25) is 5.15 Å². The van der Waals surface area contributed by atoms with Gasteiger partial charge in [-0.05, 0) is 37.3 Å². The van der Waals surface area contributed by atoms with Gasteiger partial charge in [0.25, 0.3) is 0 Å². The van der Waals surface area contributed by atoms with E-state index < -0.39 is 0 Å². The number of aromatic nitrogens is 4. The molecule has 4 nitrogen and oxygen atoms in total. The van der Waals surface area contributed by atoms with Crippen molar-refractivity contribution in [3.63, 3.8) is 0 Å². The Morgan fingerprint density at radius 1 is 1.16 bits per heavy atom. The summed E-state index contributed by atoms with van der Waals surface area (Å²) < 4.78 is 1.85. The van der Waals surface area contributed by atoms with E-state index >= 15 is 0 Å². The van der Waals surface area contributed by atoms with Gasteiger partial charge in [0.2, 0.25) is 0 Å². The fraction of sp³-hybridized carbons (Fsp3) is 0.308. The standard InChI is InChI=1S/C13H11ClN4S/c14-11-6-15-7-12-16-17-13(18(11)12)10-5-8-3-1-2-4-9(8)19-10/h5-7H,1-4H2. The van der Waals surface area contributed by atoms with Gasteiger partial charge in [0.15, 0.2) is 11.5 Å². The number of halogens is 1. The first-order valence-electron chi connectivity index (χ1n) is 6.29. The number of nitrogens with zero attached hydrogens (tertiary/aromatic N) is 4. The van der Waals surface area contributed by atoms with Gasteiger partial charge in [0.05, 0.1) is 17.3 Å². The van der Waals surface area contributed by atoms with Crippen LogP contribution >= 0.6 is 22.9 Å². The zero-order valence-corrected chi connectivity index (χ0v) is 11.7. The molecule has 0 unspecified atom stereocenters. The van der Waals surface area contributed by atoms with E-state index in [2.05, 4.69) is 21.2 Å². The van der Waals surface area contributed by atoms with Gasteiger partial charge in [-0.1, -0.05) is 11.6 Å². The van der Waals surface area contributed by atoms with Crippen LogP contribution in [0.25, 0.3) is 16.3 Å². The molecule has 19 heavy (non-hydrogen) atoms. The molecule has 0 saturated carbocycles. The molecule has 0 spiro atoms. The van der Waals surface area contributed by atoms with Crippen LogP contribution < -0.4 is 0 Å². The van der Waals surface area contributed by atoms with Crippen molar-refractivity contribution in [3.8, 4) is 10.7 Å². The molecule has 96 valence electrons. The SMILES string of the molecule is Clc1cncc2nnc(-c3cc4c(s3)CCCC4)n12. The lowest BCUT2D eigenvalue weighted by Crippen LogP contribution is -1.96. The lowest BCUT2D eigenvalue weighted by atomic mass is 9.99. The summed E-state index contributed by atoms with van der Waals surface area (Å²) in [6, 6.07) is 2.24. The van der Waals surface area contributed by atoms with E-state index in [4.69, 9.17) is 11.6 Å². The summed E-state index contributed by atoms with van der Waals surface area (Å²) in [5.74, 6) is 0.821. The normalized spacial score (nSPS) is 14.8. The Hall–Kier alpha value is -1.46. The van der Waals surface area contributed by atoms with Gasteiger partial charge < -0.3 is 0 Å². The Labute approximate surface area is 119 Å². The number of aryl methyl sites for hydroxylation is 2. The van der Waals surface area contributed by atoms with Crippen LogP contribution in [0.3, 0.4) is 0 Å². The number of thiophene rings is 1. The lowest BCUT2D eigenvalue weighted by molar-refractivity contribution is 0.697. The Morgan fingerprint density at radius 2 is 2.05 bits per heavy atom. The van der Waals surface area contributed by atoms with Crippen LogP contribution in [-0.2, 0) is 12.8 Å². The highest BCUT2D eigenvalue weighted by molar-refractivity contribution is 7.15. The first kappa shape index (κ1) is 11.4. The highest BCUT2D eigenvalue weighted by Gasteiger charge is 2.18. The third kappa shape index (κ3) is 1.76. The molecule has 0 amide bonds. The molecule has 0 saturated heterocycles. The van der Waals surface area contributed by atoms with E-state index in [9.17, 15) is 0 Å². The quantitative estimate of drug-likeness (QED) is 0.690. The average Bonchev–Trinajstić information content (AvgIpc) is 3.02. The third-order valence-electron chi connectivity index (χ3n) is 3.49. The second kappa shape index (κ2) is 4.28. The molecule has 1 aliphatic rings. The summed E-state index contributed by atoms with van der Waals surface area (Å²) in [6.07, 6.45) is 8.24. The Balaban J connectivity index is 1.92. The smallest absolute Gasteiger partial charge is 0.180 e. The summed E-state index contributed by atoms with van der Waals surface area (Å²) in [5, 5.41) is 8.95. The molecule has 3 heterocycles. The average molecular weight is 291 g/mol. The fourth-order valence-electron chi connectivity index (χ4n) is 2.57. The van der Waals surface area contributed by atoms with Crippen LogP contribution in [0.4, 0.5) is 0 Å². The topological polar surface area (TPSA) is 43.1 Å². The second-order valence-corrected chi connectivity index (χ2v) is 6.24. The zero-order chi connectivity index (χ0) is 12.8. The first-order chi connectivity index (χ1) is 9.33. The maximum atomic E-state index is 6.21. The number of fused-ring (bicyclic) bond motifs is 2. The number of hydrogen-bond donors (Lipinski definition) is 0. The van der Waals surface area contributed by atoms with E-state index in [1.54, 1.807) is 12.4 Å². The van der Waals surface area contributed by atoms with Crippen LogP contribution in [0, 0.1) is 0 Å². The molecule has 0 N–H and O–H groups in total. The van der Waals surface area contributed by atoms with Gasteiger partial charge >= 0.3 is 0 Å².